The van der Waals surface area contributed by atoms with Crippen LogP contribution in [0.3, 0.4) is 0 Å². The van der Waals surface area contributed by atoms with Crippen LogP contribution in [0.25, 0.3) is 0 Å². The van der Waals surface area contributed by atoms with Gasteiger partial charge in [0.15, 0.2) is 0 Å². The molecule has 210 valence electrons. The first-order valence-electron chi connectivity index (χ1n) is 13.4. The topological polar surface area (TPSA) is 102 Å². The number of likely N-dealkylation sites (tertiary alicyclic amines) is 1. The predicted octanol–water partition coefficient (Wildman–Crippen LogP) is 4.17. The lowest BCUT2D eigenvalue weighted by Crippen LogP contribution is -2.51. The van der Waals surface area contributed by atoms with E-state index in [0.29, 0.717) is 18.0 Å². The van der Waals surface area contributed by atoms with Crippen molar-refractivity contribution in [3.05, 3.63) is 90.0 Å². The number of ether oxygens (including phenoxy) is 1. The molecule has 9 heteroatoms. The summed E-state index contributed by atoms with van der Waals surface area (Å²) in [5, 5.41) is 12.0. The lowest BCUT2D eigenvalue weighted by Gasteiger charge is -2.38. The average Bonchev–Trinajstić information content (AvgIpc) is 2.94. The number of aromatic carboxylic acids is 1. The molecule has 1 aliphatic heterocycles. The molecule has 1 heterocycles. The van der Waals surface area contributed by atoms with Crippen LogP contribution in [0.5, 0.6) is 11.5 Å². The number of nitrogens with zero attached hydrogens (tertiary/aromatic N) is 3. The fourth-order valence-corrected chi connectivity index (χ4v) is 4.77. The van der Waals surface area contributed by atoms with Crippen LogP contribution in [0.1, 0.15) is 28.8 Å². The minimum absolute atomic E-state index is 0.0176. The molecular weight excluding hydrogens is 508 g/mol. The summed E-state index contributed by atoms with van der Waals surface area (Å²) in [5.74, 6) is 0.139. The Morgan fingerprint density at radius 2 is 1.50 bits per heavy atom. The molecule has 0 atom stereocenters. The summed E-state index contributed by atoms with van der Waals surface area (Å²) < 4.78 is 5.81. The number of nitrogens with one attached hydrogen (secondary N) is 1. The van der Waals surface area contributed by atoms with Crippen molar-refractivity contribution in [1.82, 2.24) is 14.7 Å². The van der Waals surface area contributed by atoms with Gasteiger partial charge in [-0.05, 0) is 81.0 Å². The molecular formula is C31H36N4O5. The number of amides is 2. The van der Waals surface area contributed by atoms with E-state index >= 15 is 0 Å². The third-order valence-corrected chi connectivity index (χ3v) is 6.81. The maximum absolute atomic E-state index is 13.1. The number of carboxylic acid groups (broad SMARTS) is 1. The molecule has 0 aromatic heterocycles. The SMILES string of the molecule is CN(C)CC(=O)N(CC(=O)Nc1ccc(Oc2ccccc2)cc1)C1CCN(Cc2ccc(C(=O)O)cc2)CC1. The molecule has 4 rings (SSSR count). The highest BCUT2D eigenvalue weighted by Crippen LogP contribution is 2.23. The number of rotatable bonds is 11. The predicted molar refractivity (Wildman–Crippen MR) is 154 cm³/mol. The van der Waals surface area contributed by atoms with Gasteiger partial charge in [0.05, 0.1) is 12.1 Å². The first-order chi connectivity index (χ1) is 19.3. The van der Waals surface area contributed by atoms with Crippen LogP contribution < -0.4 is 10.1 Å². The van der Waals surface area contributed by atoms with Crippen molar-refractivity contribution < 1.29 is 24.2 Å². The Balaban J connectivity index is 1.32. The number of likely N-dealkylation sites (N-methyl/N-ethyl adjacent to an activating group) is 1. The zero-order valence-electron chi connectivity index (χ0n) is 23.0. The average molecular weight is 545 g/mol. The molecule has 0 spiro atoms. The van der Waals surface area contributed by atoms with Crippen LogP contribution in [0.4, 0.5) is 5.69 Å². The molecule has 1 fully saturated rings. The van der Waals surface area contributed by atoms with Crippen molar-refractivity contribution in [3.8, 4) is 11.5 Å². The van der Waals surface area contributed by atoms with Gasteiger partial charge < -0.3 is 25.0 Å². The van der Waals surface area contributed by atoms with Gasteiger partial charge in [0.25, 0.3) is 0 Å². The number of para-hydroxylation sites is 1. The fraction of sp³-hybridized carbons (Fsp3) is 0.323. The highest BCUT2D eigenvalue weighted by Gasteiger charge is 2.29. The van der Waals surface area contributed by atoms with Crippen LogP contribution in [0, 0.1) is 0 Å². The van der Waals surface area contributed by atoms with Crippen molar-refractivity contribution >= 4 is 23.5 Å². The maximum Gasteiger partial charge on any atom is 0.335 e. The van der Waals surface area contributed by atoms with Crippen molar-refractivity contribution in [2.75, 3.05) is 45.6 Å². The first kappa shape index (κ1) is 28.8. The van der Waals surface area contributed by atoms with Crippen molar-refractivity contribution in [3.63, 3.8) is 0 Å². The number of hydrogen-bond acceptors (Lipinski definition) is 6. The molecule has 0 unspecified atom stereocenters. The number of carbonyl (C=O) groups excluding carboxylic acids is 2. The summed E-state index contributed by atoms with van der Waals surface area (Å²) in [4.78, 5) is 43.1. The molecule has 2 N–H and O–H groups in total. The smallest absolute Gasteiger partial charge is 0.335 e. The van der Waals surface area contributed by atoms with Gasteiger partial charge >= 0.3 is 5.97 Å². The minimum Gasteiger partial charge on any atom is -0.478 e. The molecule has 0 radical (unpaired) electrons. The quantitative estimate of drug-likeness (QED) is 0.374. The van der Waals surface area contributed by atoms with E-state index in [4.69, 9.17) is 9.84 Å². The fourth-order valence-electron chi connectivity index (χ4n) is 4.77. The second kappa shape index (κ2) is 13.7. The van der Waals surface area contributed by atoms with Crippen LogP contribution in [0.15, 0.2) is 78.9 Å². The Hall–Kier alpha value is -4.21. The summed E-state index contributed by atoms with van der Waals surface area (Å²) >= 11 is 0. The molecule has 0 aliphatic carbocycles. The van der Waals surface area contributed by atoms with Gasteiger partial charge in [-0.15, -0.1) is 0 Å². The third kappa shape index (κ3) is 8.39. The summed E-state index contributed by atoms with van der Waals surface area (Å²) in [6.07, 6.45) is 1.51. The maximum atomic E-state index is 13.1. The Kier molecular flexibility index (Phi) is 9.88. The molecule has 9 nitrogen and oxygen atoms in total. The van der Waals surface area contributed by atoms with Crippen molar-refractivity contribution in [1.29, 1.82) is 0 Å². The van der Waals surface area contributed by atoms with Gasteiger partial charge in [0.1, 0.15) is 18.0 Å². The molecule has 3 aromatic carbocycles. The van der Waals surface area contributed by atoms with Gasteiger partial charge in [-0.1, -0.05) is 30.3 Å². The lowest BCUT2D eigenvalue weighted by atomic mass is 10.0. The van der Waals surface area contributed by atoms with E-state index < -0.39 is 5.97 Å². The van der Waals surface area contributed by atoms with Crippen LogP contribution in [-0.2, 0) is 16.1 Å². The van der Waals surface area contributed by atoms with Crippen molar-refractivity contribution in [2.24, 2.45) is 0 Å². The van der Waals surface area contributed by atoms with Gasteiger partial charge in [-0.3, -0.25) is 14.5 Å². The zero-order valence-corrected chi connectivity index (χ0v) is 23.0. The number of carboxylic acids is 1. The van der Waals surface area contributed by atoms with Crippen LogP contribution in [-0.4, -0.2) is 83.9 Å². The molecule has 1 aliphatic rings. The number of anilines is 1. The van der Waals surface area contributed by atoms with Crippen molar-refractivity contribution in [2.45, 2.75) is 25.4 Å². The molecule has 0 saturated carbocycles. The Bertz CT molecular complexity index is 1270. The second-order valence-electron chi connectivity index (χ2n) is 10.3. The Labute approximate surface area is 235 Å². The van der Waals surface area contributed by atoms with E-state index in [2.05, 4.69) is 10.2 Å². The standard InChI is InChI=1S/C31H36N4O5/c1-33(2)22-30(37)35(26-16-18-34(19-17-26)20-23-8-10-24(11-9-23)31(38)39)21-29(36)32-25-12-14-28(15-13-25)40-27-6-4-3-5-7-27/h3-15,26H,16-22H2,1-2H3,(H,32,36)(H,38,39). The van der Waals surface area contributed by atoms with E-state index in [0.717, 1.165) is 37.2 Å². The van der Waals surface area contributed by atoms with E-state index in [1.807, 2.05) is 61.5 Å². The zero-order chi connectivity index (χ0) is 28.5. The van der Waals surface area contributed by atoms with Gasteiger partial charge in [0.2, 0.25) is 11.8 Å². The second-order valence-corrected chi connectivity index (χ2v) is 10.3. The minimum atomic E-state index is -0.937. The highest BCUT2D eigenvalue weighted by molar-refractivity contribution is 5.95. The van der Waals surface area contributed by atoms with Gasteiger partial charge in [-0.2, -0.15) is 0 Å². The normalized spacial score (nSPS) is 14.1. The summed E-state index contributed by atoms with van der Waals surface area (Å²) in [6.45, 7) is 2.48. The summed E-state index contributed by atoms with van der Waals surface area (Å²) in [6, 6.07) is 23.5. The van der Waals surface area contributed by atoms with Gasteiger partial charge in [-0.25, -0.2) is 4.79 Å². The number of hydrogen-bond donors (Lipinski definition) is 2. The van der Waals surface area contributed by atoms with Crippen LogP contribution >= 0.6 is 0 Å². The van der Waals surface area contributed by atoms with E-state index in [-0.39, 0.29) is 36.5 Å². The number of piperidine rings is 1. The summed E-state index contributed by atoms with van der Waals surface area (Å²) in [5.41, 5.74) is 1.95. The highest BCUT2D eigenvalue weighted by atomic mass is 16.5. The molecule has 3 aromatic rings. The number of benzene rings is 3. The summed E-state index contributed by atoms with van der Waals surface area (Å²) in [7, 11) is 3.68. The van der Waals surface area contributed by atoms with E-state index in [1.54, 1.807) is 41.3 Å². The molecule has 2 amide bonds. The van der Waals surface area contributed by atoms with E-state index in [1.165, 1.54) is 0 Å². The first-order valence-corrected chi connectivity index (χ1v) is 13.4. The number of carbonyl (C=O) groups is 3. The molecule has 40 heavy (non-hydrogen) atoms. The van der Waals surface area contributed by atoms with E-state index in [9.17, 15) is 14.4 Å². The van der Waals surface area contributed by atoms with Gasteiger partial charge in [0, 0.05) is 31.4 Å². The Morgan fingerprint density at radius 1 is 0.875 bits per heavy atom. The Morgan fingerprint density at radius 3 is 2.10 bits per heavy atom. The lowest BCUT2D eigenvalue weighted by molar-refractivity contribution is -0.138. The monoisotopic (exact) mass is 544 g/mol. The van der Waals surface area contributed by atoms with Crippen LogP contribution in [0.2, 0.25) is 0 Å². The third-order valence-electron chi connectivity index (χ3n) is 6.81. The largest absolute Gasteiger partial charge is 0.478 e. The molecule has 1 saturated heterocycles. The molecule has 0 bridgehead atoms.